The molecule has 6 nitrogen and oxygen atoms in total. The van der Waals surface area contributed by atoms with Gasteiger partial charge in [-0.25, -0.2) is 0 Å². The van der Waals surface area contributed by atoms with Gasteiger partial charge in [0.15, 0.2) is 5.75 Å². The summed E-state index contributed by atoms with van der Waals surface area (Å²) in [4.78, 5) is 28.0. The maximum Gasteiger partial charge on any atom is 0.311 e. The molecular weight excluding hydrogens is 332 g/mol. The molecule has 1 aromatic heterocycles. The van der Waals surface area contributed by atoms with E-state index in [-0.39, 0.29) is 19.3 Å². The molecule has 1 heterocycles. The van der Waals surface area contributed by atoms with Crippen LogP contribution in [0.5, 0.6) is 5.75 Å². The number of aliphatic carboxylic acids is 1. The maximum atomic E-state index is 11.9. The molecular formula is C20H26N2O4. The normalized spacial score (nSPS) is 11.0. The summed E-state index contributed by atoms with van der Waals surface area (Å²) in [6, 6.07) is 5.61. The molecule has 0 saturated carbocycles. The van der Waals surface area contributed by atoms with E-state index in [0.29, 0.717) is 5.75 Å². The van der Waals surface area contributed by atoms with Crippen molar-refractivity contribution in [1.82, 2.24) is 9.88 Å². The van der Waals surface area contributed by atoms with E-state index in [4.69, 9.17) is 9.84 Å². The van der Waals surface area contributed by atoms with E-state index in [9.17, 15) is 9.59 Å². The van der Waals surface area contributed by atoms with Crippen LogP contribution in [0, 0.1) is 0 Å². The molecule has 0 aliphatic heterocycles. The van der Waals surface area contributed by atoms with Gasteiger partial charge < -0.3 is 14.8 Å². The van der Waals surface area contributed by atoms with Gasteiger partial charge in [-0.2, -0.15) is 0 Å². The van der Waals surface area contributed by atoms with Gasteiger partial charge >= 0.3 is 11.9 Å². The average Bonchev–Trinajstić information content (AvgIpc) is 3.02. The highest BCUT2D eigenvalue weighted by atomic mass is 16.5. The molecule has 0 amide bonds. The fourth-order valence-corrected chi connectivity index (χ4v) is 2.87. The van der Waals surface area contributed by atoms with Gasteiger partial charge in [0.1, 0.15) is 0 Å². The summed E-state index contributed by atoms with van der Waals surface area (Å²) in [6.07, 6.45) is 5.07. The van der Waals surface area contributed by atoms with Crippen LogP contribution in [0.4, 0.5) is 0 Å². The van der Waals surface area contributed by atoms with Gasteiger partial charge in [-0.05, 0) is 31.0 Å². The summed E-state index contributed by atoms with van der Waals surface area (Å²) >= 11 is 0. The van der Waals surface area contributed by atoms with E-state index in [0.717, 1.165) is 37.0 Å². The van der Waals surface area contributed by atoms with Crippen LogP contribution in [-0.2, 0) is 16.0 Å². The number of rotatable bonds is 11. The molecule has 1 aromatic carbocycles. The van der Waals surface area contributed by atoms with Gasteiger partial charge in [0.05, 0.1) is 5.52 Å². The van der Waals surface area contributed by atoms with E-state index < -0.39 is 11.9 Å². The molecule has 2 N–H and O–H groups in total. The molecule has 0 saturated heterocycles. The number of nitrogens with zero attached hydrogens (tertiary/aromatic N) is 1. The maximum absolute atomic E-state index is 11.9. The summed E-state index contributed by atoms with van der Waals surface area (Å²) in [7, 11) is 0. The van der Waals surface area contributed by atoms with Gasteiger partial charge in [0.2, 0.25) is 0 Å². The number of esters is 1. The molecule has 0 bridgehead atoms. The number of carboxylic acids is 1. The van der Waals surface area contributed by atoms with Crippen molar-refractivity contribution in [1.29, 1.82) is 0 Å². The smallest absolute Gasteiger partial charge is 0.311 e. The number of H-pyrrole nitrogens is 1. The zero-order valence-corrected chi connectivity index (χ0v) is 15.2. The standard InChI is InChI=1S/C20H26N2O4/c1-3-12-22(4-2)13-11-15-14-21-20-16(15)7-5-8-17(20)26-19(25)10-6-9-18(23)24/h3,5,7-8,14,21H,1,4,6,9-13H2,2H3,(H,23,24). The SMILES string of the molecule is C=CCN(CC)CCc1c[nH]c2c(OC(=O)CCCC(=O)O)cccc12. The van der Waals surface area contributed by atoms with E-state index in [2.05, 4.69) is 23.4 Å². The van der Waals surface area contributed by atoms with Crippen molar-refractivity contribution in [2.75, 3.05) is 19.6 Å². The van der Waals surface area contributed by atoms with E-state index in [1.54, 1.807) is 6.07 Å². The molecule has 2 rings (SSSR count). The van der Waals surface area contributed by atoms with Gasteiger partial charge in [-0.1, -0.05) is 25.1 Å². The van der Waals surface area contributed by atoms with Crippen LogP contribution in [0.2, 0.25) is 0 Å². The number of para-hydroxylation sites is 1. The second kappa shape index (κ2) is 9.77. The minimum atomic E-state index is -0.911. The topological polar surface area (TPSA) is 82.6 Å². The van der Waals surface area contributed by atoms with Gasteiger partial charge in [0, 0.05) is 37.5 Å². The molecule has 0 radical (unpaired) electrons. The van der Waals surface area contributed by atoms with E-state index in [1.165, 1.54) is 5.56 Å². The lowest BCUT2D eigenvalue weighted by Crippen LogP contribution is -2.25. The van der Waals surface area contributed by atoms with Crippen molar-refractivity contribution in [2.24, 2.45) is 0 Å². The highest BCUT2D eigenvalue weighted by Gasteiger charge is 2.13. The quantitative estimate of drug-likeness (QED) is 0.365. The molecule has 0 unspecified atom stereocenters. The molecule has 140 valence electrons. The number of hydrogen-bond acceptors (Lipinski definition) is 4. The predicted octanol–water partition coefficient (Wildman–Crippen LogP) is 3.38. The van der Waals surface area contributed by atoms with Crippen molar-refractivity contribution in [3.8, 4) is 5.75 Å². The molecule has 0 atom stereocenters. The average molecular weight is 358 g/mol. The second-order valence-electron chi connectivity index (χ2n) is 6.15. The lowest BCUT2D eigenvalue weighted by molar-refractivity contribution is -0.137. The fourth-order valence-electron chi connectivity index (χ4n) is 2.87. The largest absolute Gasteiger partial charge is 0.481 e. The number of ether oxygens (including phenoxy) is 1. The summed E-state index contributed by atoms with van der Waals surface area (Å²) < 4.78 is 5.42. The lowest BCUT2D eigenvalue weighted by Gasteiger charge is -2.17. The molecule has 26 heavy (non-hydrogen) atoms. The van der Waals surface area contributed by atoms with Crippen LogP contribution >= 0.6 is 0 Å². The number of fused-ring (bicyclic) bond motifs is 1. The first-order valence-electron chi connectivity index (χ1n) is 8.89. The summed E-state index contributed by atoms with van der Waals surface area (Å²) in [6.45, 7) is 8.66. The van der Waals surface area contributed by atoms with Gasteiger partial charge in [0.25, 0.3) is 0 Å². The third kappa shape index (κ3) is 5.46. The third-order valence-electron chi connectivity index (χ3n) is 4.29. The summed E-state index contributed by atoms with van der Waals surface area (Å²) in [5, 5.41) is 9.67. The highest BCUT2D eigenvalue weighted by molar-refractivity contribution is 5.90. The lowest BCUT2D eigenvalue weighted by atomic mass is 10.1. The molecule has 0 aliphatic rings. The molecule has 0 fully saturated rings. The first-order chi connectivity index (χ1) is 12.5. The Kier molecular flexibility index (Phi) is 7.41. The van der Waals surface area contributed by atoms with Crippen molar-refractivity contribution in [3.05, 3.63) is 42.6 Å². The Morgan fingerprint density at radius 3 is 2.85 bits per heavy atom. The second-order valence-corrected chi connectivity index (χ2v) is 6.15. The minimum Gasteiger partial charge on any atom is -0.481 e. The van der Waals surface area contributed by atoms with Crippen molar-refractivity contribution < 1.29 is 19.4 Å². The number of carboxylic acid groups (broad SMARTS) is 1. The number of hydrogen-bond donors (Lipinski definition) is 2. The first kappa shape index (κ1) is 19.7. The van der Waals surface area contributed by atoms with Gasteiger partial charge in [-0.15, -0.1) is 6.58 Å². The number of aromatic amines is 1. The Morgan fingerprint density at radius 2 is 2.15 bits per heavy atom. The zero-order chi connectivity index (χ0) is 18.9. The Hall–Kier alpha value is -2.60. The zero-order valence-electron chi connectivity index (χ0n) is 15.2. The number of likely N-dealkylation sites (N-methyl/N-ethyl adjacent to an activating group) is 1. The van der Waals surface area contributed by atoms with Crippen LogP contribution in [0.3, 0.4) is 0 Å². The Labute approximate surface area is 153 Å². The van der Waals surface area contributed by atoms with Crippen LogP contribution in [0.15, 0.2) is 37.1 Å². The minimum absolute atomic E-state index is 0.0371. The molecule has 0 aliphatic carbocycles. The summed E-state index contributed by atoms with van der Waals surface area (Å²) in [5.74, 6) is -0.850. The van der Waals surface area contributed by atoms with Crippen LogP contribution in [0.1, 0.15) is 31.7 Å². The van der Waals surface area contributed by atoms with Crippen molar-refractivity contribution in [3.63, 3.8) is 0 Å². The molecule has 0 spiro atoms. The number of carbonyl (C=O) groups is 2. The fraction of sp³-hybridized carbons (Fsp3) is 0.400. The van der Waals surface area contributed by atoms with Crippen LogP contribution in [0.25, 0.3) is 10.9 Å². The van der Waals surface area contributed by atoms with Crippen molar-refractivity contribution in [2.45, 2.75) is 32.6 Å². The summed E-state index contributed by atoms with van der Waals surface area (Å²) in [5.41, 5.74) is 1.96. The predicted molar refractivity (Wildman–Crippen MR) is 101 cm³/mol. The molecule has 2 aromatic rings. The van der Waals surface area contributed by atoms with Gasteiger partial charge in [-0.3, -0.25) is 14.5 Å². The Morgan fingerprint density at radius 1 is 1.35 bits per heavy atom. The van der Waals surface area contributed by atoms with E-state index >= 15 is 0 Å². The van der Waals surface area contributed by atoms with Crippen LogP contribution < -0.4 is 4.74 Å². The Bertz CT molecular complexity index is 766. The third-order valence-corrected chi connectivity index (χ3v) is 4.29. The first-order valence-corrected chi connectivity index (χ1v) is 8.89. The number of aromatic nitrogens is 1. The van der Waals surface area contributed by atoms with Crippen LogP contribution in [-0.4, -0.2) is 46.6 Å². The molecule has 6 heteroatoms. The number of benzene rings is 1. The number of nitrogens with one attached hydrogen (secondary N) is 1. The van der Waals surface area contributed by atoms with E-state index in [1.807, 2.05) is 24.4 Å². The monoisotopic (exact) mass is 358 g/mol. The number of carbonyl (C=O) groups excluding carboxylic acids is 1. The Balaban J connectivity index is 2.04. The highest BCUT2D eigenvalue weighted by Crippen LogP contribution is 2.28. The van der Waals surface area contributed by atoms with Crippen molar-refractivity contribution >= 4 is 22.8 Å².